The smallest absolute Gasteiger partial charge is 0.329 e. The maximum absolute atomic E-state index is 13.5. The predicted octanol–water partition coefficient (Wildman–Crippen LogP) is 3.89. The highest BCUT2D eigenvalue weighted by atomic mass is 16.5. The van der Waals surface area contributed by atoms with Crippen molar-refractivity contribution in [3.05, 3.63) is 76.6 Å². The number of rotatable bonds is 8. The summed E-state index contributed by atoms with van der Waals surface area (Å²) in [7, 11) is 3.33. The lowest BCUT2D eigenvalue weighted by Crippen LogP contribution is -2.48. The summed E-state index contributed by atoms with van der Waals surface area (Å²) in [5, 5.41) is 20.3. The van der Waals surface area contributed by atoms with Gasteiger partial charge in [0.1, 0.15) is 17.9 Å². The Morgan fingerprint density at radius 1 is 1.04 bits per heavy atom. The van der Waals surface area contributed by atoms with Gasteiger partial charge in [0.2, 0.25) is 11.8 Å². The fraction of sp³-hybridized carbons (Fsp3) is 0.425. The number of piperidine rings is 1. The molecule has 9 rings (SSSR count). The average Bonchev–Trinajstić information content (AvgIpc) is 3.97. The third-order valence-electron chi connectivity index (χ3n) is 12.2. The molecular weight excluding hydrogens is 701 g/mol. The van der Waals surface area contributed by atoms with Crippen LogP contribution in [0.3, 0.4) is 0 Å². The van der Waals surface area contributed by atoms with Gasteiger partial charge in [-0.3, -0.25) is 43.4 Å². The van der Waals surface area contributed by atoms with E-state index in [-0.39, 0.29) is 35.5 Å². The van der Waals surface area contributed by atoms with Crippen LogP contribution < -0.4 is 26.0 Å². The number of piperazine rings is 1. The van der Waals surface area contributed by atoms with Gasteiger partial charge in [0.05, 0.1) is 52.2 Å². The lowest BCUT2D eigenvalue weighted by Gasteiger charge is -2.39. The molecule has 3 saturated heterocycles. The second-order valence-electron chi connectivity index (χ2n) is 15.4. The molecule has 282 valence electrons. The number of fused-ring (bicyclic) bond motifs is 4. The molecule has 0 radical (unpaired) electrons. The van der Waals surface area contributed by atoms with E-state index < -0.39 is 11.9 Å². The Morgan fingerprint density at radius 2 is 1.87 bits per heavy atom. The molecule has 3 amide bonds. The zero-order chi connectivity index (χ0) is 38.0. The molecule has 1 saturated carbocycles. The molecule has 2 N–H and O–H groups in total. The number of methoxy groups -OCH3 is 1. The Morgan fingerprint density at radius 3 is 2.62 bits per heavy atom. The molecule has 1 unspecified atom stereocenters. The maximum atomic E-state index is 13.5. The normalized spacial score (nSPS) is 24.0. The highest BCUT2D eigenvalue weighted by molar-refractivity contribution is 6.06. The predicted molar refractivity (Wildman–Crippen MR) is 204 cm³/mol. The standard InChI is InChI=1S/C40H42N10O5/c1-46-37-32(4-3-5-33(37)50(40(46)54)34-10-11-36(51)44-39(34)53)48-22-28-14-29(48)21-47(28)19-23-6-8-27(9-7-23)49-20-26-13-31(35(55-2)15-30(26)45-49)43-38(52)25-12-24(16-41)17-42-18-25/h3-5,12-13,15,17-18,20,23,27-29,34H,6-11,14,19,21-22H2,1-2H3,(H,43,52)(H,44,51,53)/t23?,27?,28-,29-,34?/m1/s1. The molecule has 0 spiro atoms. The number of hydrogen-bond donors (Lipinski definition) is 2. The molecular formula is C40H42N10O5. The van der Waals surface area contributed by atoms with Gasteiger partial charge in [-0.15, -0.1) is 0 Å². The van der Waals surface area contributed by atoms with Crippen LogP contribution in [0.15, 0.2) is 59.8 Å². The van der Waals surface area contributed by atoms with E-state index >= 15 is 0 Å². The molecule has 1 aliphatic carbocycles. The molecule has 15 nitrogen and oxygen atoms in total. The summed E-state index contributed by atoms with van der Waals surface area (Å²) in [6.45, 7) is 2.95. The van der Waals surface area contributed by atoms with Gasteiger partial charge in [0, 0.05) is 75.2 Å². The number of aromatic nitrogens is 5. The van der Waals surface area contributed by atoms with Crippen molar-refractivity contribution >= 4 is 51.0 Å². The monoisotopic (exact) mass is 742 g/mol. The highest BCUT2D eigenvalue weighted by Gasteiger charge is 2.45. The van der Waals surface area contributed by atoms with E-state index in [1.165, 1.54) is 18.5 Å². The molecule has 3 aromatic heterocycles. The fourth-order valence-electron chi connectivity index (χ4n) is 9.42. The second-order valence-corrected chi connectivity index (χ2v) is 15.4. The van der Waals surface area contributed by atoms with Crippen LogP contribution in [-0.4, -0.2) is 85.3 Å². The van der Waals surface area contributed by atoms with E-state index in [0.717, 1.165) is 79.4 Å². The minimum Gasteiger partial charge on any atom is -0.494 e. The van der Waals surface area contributed by atoms with Gasteiger partial charge in [-0.1, -0.05) is 6.07 Å². The summed E-state index contributed by atoms with van der Waals surface area (Å²) in [5.74, 6) is 0.0169. The van der Waals surface area contributed by atoms with Gasteiger partial charge in [0.15, 0.2) is 0 Å². The molecule has 5 aromatic rings. The lowest BCUT2D eigenvalue weighted by molar-refractivity contribution is -0.135. The van der Waals surface area contributed by atoms with Crippen LogP contribution in [0.4, 0.5) is 11.4 Å². The van der Waals surface area contributed by atoms with Crippen molar-refractivity contribution < 1.29 is 19.1 Å². The number of amides is 3. The third kappa shape index (κ3) is 6.10. The van der Waals surface area contributed by atoms with Crippen molar-refractivity contribution in [1.82, 2.24) is 34.1 Å². The van der Waals surface area contributed by atoms with Crippen LogP contribution in [0.1, 0.15) is 73.0 Å². The van der Waals surface area contributed by atoms with Gasteiger partial charge in [-0.25, -0.2) is 4.79 Å². The van der Waals surface area contributed by atoms with Gasteiger partial charge in [0.25, 0.3) is 5.91 Å². The quantitative estimate of drug-likeness (QED) is 0.222. The first-order valence-electron chi connectivity index (χ1n) is 19.0. The number of imidazole rings is 1. The van der Waals surface area contributed by atoms with Crippen LogP contribution >= 0.6 is 0 Å². The summed E-state index contributed by atoms with van der Waals surface area (Å²) in [5.41, 5.74) is 4.26. The number of pyridine rings is 1. The summed E-state index contributed by atoms with van der Waals surface area (Å²) >= 11 is 0. The molecule has 4 fully saturated rings. The van der Waals surface area contributed by atoms with Crippen molar-refractivity contribution in [2.24, 2.45) is 13.0 Å². The zero-order valence-electron chi connectivity index (χ0n) is 30.8. The number of aryl methyl sites for hydroxylation is 1. The lowest BCUT2D eigenvalue weighted by atomic mass is 9.85. The van der Waals surface area contributed by atoms with Gasteiger partial charge < -0.3 is 15.0 Å². The first-order chi connectivity index (χ1) is 26.7. The fourth-order valence-corrected chi connectivity index (χ4v) is 9.42. The third-order valence-corrected chi connectivity index (χ3v) is 12.2. The van der Waals surface area contributed by atoms with Gasteiger partial charge in [-0.05, 0) is 68.7 Å². The molecule has 6 heterocycles. The molecule has 55 heavy (non-hydrogen) atoms. The van der Waals surface area contributed by atoms with E-state index in [1.807, 2.05) is 30.3 Å². The van der Waals surface area contributed by atoms with Gasteiger partial charge >= 0.3 is 5.69 Å². The first kappa shape index (κ1) is 34.7. The van der Waals surface area contributed by atoms with Gasteiger partial charge in [-0.2, -0.15) is 10.4 Å². The highest BCUT2D eigenvalue weighted by Crippen LogP contribution is 2.41. The Kier molecular flexibility index (Phi) is 8.64. The average molecular weight is 743 g/mol. The Balaban J connectivity index is 0.836. The summed E-state index contributed by atoms with van der Waals surface area (Å²) in [4.78, 5) is 60.2. The minimum absolute atomic E-state index is 0.215. The van der Waals surface area contributed by atoms with Crippen LogP contribution in [0, 0.1) is 17.2 Å². The Labute approximate surface area is 316 Å². The number of likely N-dealkylation sites (tertiary alicyclic amines) is 1. The van der Waals surface area contributed by atoms with E-state index in [0.29, 0.717) is 41.4 Å². The largest absolute Gasteiger partial charge is 0.494 e. The minimum atomic E-state index is -0.702. The van der Waals surface area contributed by atoms with Crippen LogP contribution in [0.5, 0.6) is 5.75 Å². The second kappa shape index (κ2) is 13.7. The van der Waals surface area contributed by atoms with Crippen LogP contribution in [0.2, 0.25) is 0 Å². The molecule has 2 bridgehead atoms. The summed E-state index contributed by atoms with van der Waals surface area (Å²) in [6.07, 6.45) is 10.8. The number of hydrogen-bond acceptors (Lipinski definition) is 10. The number of carbonyl (C=O) groups is 3. The molecule has 2 aromatic carbocycles. The Hall–Kier alpha value is -6.01. The van der Waals surface area contributed by atoms with E-state index in [1.54, 1.807) is 23.3 Å². The first-order valence-corrected chi connectivity index (χ1v) is 19.0. The van der Waals surface area contributed by atoms with Crippen molar-refractivity contribution in [2.75, 3.05) is 37.0 Å². The number of para-hydroxylation sites is 1. The number of carbonyl (C=O) groups excluding carboxylic acids is 3. The number of nitrogens with zero attached hydrogens (tertiary/aromatic N) is 8. The van der Waals surface area contributed by atoms with Crippen LogP contribution in [0.25, 0.3) is 21.9 Å². The van der Waals surface area contributed by atoms with E-state index in [9.17, 15) is 24.4 Å². The topological polar surface area (TPSA) is 172 Å². The number of nitriles is 1. The number of imide groups is 1. The van der Waals surface area contributed by atoms with E-state index in [2.05, 4.69) is 42.4 Å². The number of benzene rings is 2. The number of ether oxygens (including phenoxy) is 1. The summed E-state index contributed by atoms with van der Waals surface area (Å²) in [6, 6.07) is 13.6. The van der Waals surface area contributed by atoms with Crippen LogP contribution in [-0.2, 0) is 16.6 Å². The maximum Gasteiger partial charge on any atom is 0.329 e. The SMILES string of the molecule is COc1cc2nn(C3CCC(CN4C[C@H]5C[C@@H]4CN5c4cccc5c4n(C)c(=O)n5C4CCC(=O)NC4=O)CC3)cc2cc1NC(=O)c1cncc(C#N)c1. The van der Waals surface area contributed by atoms with Crippen molar-refractivity contribution in [2.45, 2.75) is 69.1 Å². The van der Waals surface area contributed by atoms with Crippen molar-refractivity contribution in [1.29, 1.82) is 5.26 Å². The zero-order valence-corrected chi connectivity index (χ0v) is 30.8. The number of nitrogens with one attached hydrogen (secondary N) is 2. The molecule has 3 aliphatic heterocycles. The molecule has 4 aliphatic rings. The van der Waals surface area contributed by atoms with E-state index in [4.69, 9.17) is 9.84 Å². The molecule has 15 heteroatoms. The Bertz CT molecular complexity index is 2470. The van der Waals surface area contributed by atoms with Crippen molar-refractivity contribution in [3.63, 3.8) is 0 Å². The van der Waals surface area contributed by atoms with Crippen molar-refractivity contribution in [3.8, 4) is 11.8 Å². The molecule has 3 atom stereocenters. The number of anilines is 2. The summed E-state index contributed by atoms with van der Waals surface area (Å²) < 4.78 is 10.9.